The van der Waals surface area contributed by atoms with Crippen LogP contribution in [0.4, 0.5) is 0 Å². The fraction of sp³-hybridized carbons (Fsp3) is 0.909. The van der Waals surface area contributed by atoms with Crippen LogP contribution in [0.5, 0.6) is 0 Å². The molecule has 1 rings (SSSR count). The van der Waals surface area contributed by atoms with Crippen LogP contribution in [0.3, 0.4) is 0 Å². The fourth-order valence-electron chi connectivity index (χ4n) is 2.07. The van der Waals surface area contributed by atoms with E-state index in [2.05, 4.69) is 12.2 Å². The highest BCUT2D eigenvalue weighted by Gasteiger charge is 2.37. The Labute approximate surface area is 86.2 Å². The molecule has 1 aliphatic rings. The smallest absolute Gasteiger partial charge is 0.225 e. The molecule has 0 aromatic rings. The highest BCUT2D eigenvalue weighted by Crippen LogP contribution is 2.36. The van der Waals surface area contributed by atoms with Crippen LogP contribution in [0, 0.1) is 5.41 Å². The highest BCUT2D eigenvalue weighted by molar-refractivity contribution is 5.82. The van der Waals surface area contributed by atoms with E-state index in [0.29, 0.717) is 6.10 Å². The Balaban J connectivity index is 2.48. The average Bonchev–Trinajstić information content (AvgIpc) is 2.19. The van der Waals surface area contributed by atoms with E-state index >= 15 is 0 Å². The molecule has 82 valence electrons. The van der Waals surface area contributed by atoms with Gasteiger partial charge >= 0.3 is 0 Å². The quantitative estimate of drug-likeness (QED) is 0.751. The topological polar surface area (TPSA) is 38.3 Å². The zero-order valence-electron chi connectivity index (χ0n) is 9.43. The van der Waals surface area contributed by atoms with Crippen LogP contribution in [-0.4, -0.2) is 25.7 Å². The van der Waals surface area contributed by atoms with Crippen molar-refractivity contribution < 1.29 is 9.53 Å². The third-order valence-electron chi connectivity index (χ3n) is 3.26. The first-order valence-electron chi connectivity index (χ1n) is 5.43. The first kappa shape index (κ1) is 11.5. The molecule has 0 bridgehead atoms. The first-order chi connectivity index (χ1) is 6.62. The van der Waals surface area contributed by atoms with E-state index in [4.69, 9.17) is 4.74 Å². The number of rotatable bonds is 3. The average molecular weight is 199 g/mol. The van der Waals surface area contributed by atoms with Crippen molar-refractivity contribution in [3.8, 4) is 0 Å². The summed E-state index contributed by atoms with van der Waals surface area (Å²) in [6.07, 6.45) is 4.25. The lowest BCUT2D eigenvalue weighted by molar-refractivity contribution is -0.133. The number of nitrogens with one attached hydrogen (secondary N) is 1. The summed E-state index contributed by atoms with van der Waals surface area (Å²) in [6.45, 7) is 4.74. The zero-order valence-corrected chi connectivity index (χ0v) is 9.43. The SMILES string of the molecule is CCNC(=O)C1(C)CCC(OC)CC1. The normalized spacial score (nSPS) is 32.6. The second-order valence-corrected chi connectivity index (χ2v) is 4.36. The van der Waals surface area contributed by atoms with Crippen molar-refractivity contribution in [1.82, 2.24) is 5.32 Å². The number of hydrogen-bond acceptors (Lipinski definition) is 2. The molecule has 14 heavy (non-hydrogen) atoms. The second-order valence-electron chi connectivity index (χ2n) is 4.36. The predicted octanol–water partition coefficient (Wildman–Crippen LogP) is 1.72. The van der Waals surface area contributed by atoms with Crippen LogP contribution in [0.25, 0.3) is 0 Å². The van der Waals surface area contributed by atoms with Gasteiger partial charge in [-0.1, -0.05) is 6.92 Å². The molecule has 0 aromatic carbocycles. The second kappa shape index (κ2) is 4.78. The minimum absolute atomic E-state index is 0.162. The Morgan fingerprint density at radius 2 is 2.07 bits per heavy atom. The van der Waals surface area contributed by atoms with Gasteiger partial charge in [-0.15, -0.1) is 0 Å². The van der Waals surface area contributed by atoms with Gasteiger partial charge in [0.1, 0.15) is 0 Å². The van der Waals surface area contributed by atoms with Crippen LogP contribution in [0.2, 0.25) is 0 Å². The van der Waals surface area contributed by atoms with Crippen molar-refractivity contribution in [2.75, 3.05) is 13.7 Å². The molecule has 3 heteroatoms. The van der Waals surface area contributed by atoms with Crippen molar-refractivity contribution in [2.24, 2.45) is 5.41 Å². The van der Waals surface area contributed by atoms with Gasteiger partial charge in [-0.25, -0.2) is 0 Å². The monoisotopic (exact) mass is 199 g/mol. The van der Waals surface area contributed by atoms with Gasteiger partial charge < -0.3 is 10.1 Å². The largest absolute Gasteiger partial charge is 0.381 e. The summed E-state index contributed by atoms with van der Waals surface area (Å²) in [5, 5.41) is 2.91. The Kier molecular flexibility index (Phi) is 3.93. The van der Waals surface area contributed by atoms with Crippen LogP contribution in [0.1, 0.15) is 39.5 Å². The molecule has 0 aromatic heterocycles. The summed E-state index contributed by atoms with van der Waals surface area (Å²) in [7, 11) is 1.75. The minimum atomic E-state index is -0.162. The molecule has 0 atom stereocenters. The van der Waals surface area contributed by atoms with Crippen molar-refractivity contribution in [3.05, 3.63) is 0 Å². The Morgan fingerprint density at radius 1 is 1.50 bits per heavy atom. The Hall–Kier alpha value is -0.570. The summed E-state index contributed by atoms with van der Waals surface area (Å²) in [5.41, 5.74) is -0.162. The molecule has 0 radical (unpaired) electrons. The Morgan fingerprint density at radius 3 is 2.50 bits per heavy atom. The standard InChI is InChI=1S/C11H21NO2/c1-4-12-10(13)11(2)7-5-9(14-3)6-8-11/h9H,4-8H2,1-3H3,(H,12,13). The summed E-state index contributed by atoms with van der Waals surface area (Å²) >= 11 is 0. The number of carbonyl (C=O) groups excluding carboxylic acids is 1. The summed E-state index contributed by atoms with van der Waals surface area (Å²) in [6, 6.07) is 0. The van der Waals surface area contributed by atoms with Crippen molar-refractivity contribution in [1.29, 1.82) is 0 Å². The predicted molar refractivity (Wildman–Crippen MR) is 56.1 cm³/mol. The van der Waals surface area contributed by atoms with E-state index in [1.807, 2.05) is 6.92 Å². The molecule has 1 N–H and O–H groups in total. The summed E-state index contributed by atoms with van der Waals surface area (Å²) in [5.74, 6) is 0.203. The third kappa shape index (κ3) is 2.47. The molecule has 1 fully saturated rings. The molecule has 0 saturated heterocycles. The van der Waals surface area contributed by atoms with Crippen molar-refractivity contribution in [3.63, 3.8) is 0 Å². The van der Waals surface area contributed by atoms with Crippen molar-refractivity contribution >= 4 is 5.91 Å². The zero-order chi connectivity index (χ0) is 10.6. The van der Waals surface area contributed by atoms with Gasteiger partial charge in [0, 0.05) is 19.1 Å². The Bertz CT molecular complexity index is 195. The fourth-order valence-corrected chi connectivity index (χ4v) is 2.07. The van der Waals surface area contributed by atoms with Crippen LogP contribution in [0.15, 0.2) is 0 Å². The molecule has 1 aliphatic carbocycles. The first-order valence-corrected chi connectivity index (χ1v) is 5.43. The molecule has 0 aliphatic heterocycles. The molecule has 1 saturated carbocycles. The maximum atomic E-state index is 11.8. The number of amides is 1. The number of ether oxygens (including phenoxy) is 1. The van der Waals surface area contributed by atoms with Crippen molar-refractivity contribution in [2.45, 2.75) is 45.6 Å². The maximum absolute atomic E-state index is 11.8. The molecule has 3 nitrogen and oxygen atoms in total. The van der Waals surface area contributed by atoms with Gasteiger partial charge in [0.2, 0.25) is 5.91 Å². The lowest BCUT2D eigenvalue weighted by Gasteiger charge is -2.35. The van der Waals surface area contributed by atoms with E-state index in [0.717, 1.165) is 32.2 Å². The maximum Gasteiger partial charge on any atom is 0.225 e. The number of carbonyl (C=O) groups is 1. The van der Waals surface area contributed by atoms with Gasteiger partial charge in [-0.05, 0) is 32.6 Å². The molecular formula is C11H21NO2. The van der Waals surface area contributed by atoms with E-state index in [1.54, 1.807) is 7.11 Å². The molecule has 0 unspecified atom stereocenters. The lowest BCUT2D eigenvalue weighted by atomic mass is 9.74. The van der Waals surface area contributed by atoms with E-state index in [-0.39, 0.29) is 11.3 Å². The van der Waals surface area contributed by atoms with Crippen LogP contribution in [-0.2, 0) is 9.53 Å². The van der Waals surface area contributed by atoms with Gasteiger partial charge in [-0.2, -0.15) is 0 Å². The number of methoxy groups -OCH3 is 1. The van der Waals surface area contributed by atoms with Gasteiger partial charge in [0.05, 0.1) is 6.10 Å². The van der Waals surface area contributed by atoms with Crippen LogP contribution < -0.4 is 5.32 Å². The van der Waals surface area contributed by atoms with Gasteiger partial charge in [-0.3, -0.25) is 4.79 Å². The third-order valence-corrected chi connectivity index (χ3v) is 3.26. The van der Waals surface area contributed by atoms with Gasteiger partial charge in [0.15, 0.2) is 0 Å². The molecule has 1 amide bonds. The van der Waals surface area contributed by atoms with E-state index in [1.165, 1.54) is 0 Å². The molecule has 0 heterocycles. The van der Waals surface area contributed by atoms with E-state index < -0.39 is 0 Å². The summed E-state index contributed by atoms with van der Waals surface area (Å²) in [4.78, 5) is 11.8. The molecular weight excluding hydrogens is 178 g/mol. The minimum Gasteiger partial charge on any atom is -0.381 e. The number of hydrogen-bond donors (Lipinski definition) is 1. The van der Waals surface area contributed by atoms with Crippen LogP contribution >= 0.6 is 0 Å². The summed E-state index contributed by atoms with van der Waals surface area (Å²) < 4.78 is 5.29. The van der Waals surface area contributed by atoms with Gasteiger partial charge in [0.25, 0.3) is 0 Å². The lowest BCUT2D eigenvalue weighted by Crippen LogP contribution is -2.42. The molecule has 0 spiro atoms. The highest BCUT2D eigenvalue weighted by atomic mass is 16.5. The van der Waals surface area contributed by atoms with E-state index in [9.17, 15) is 4.79 Å².